The third-order valence-electron chi connectivity index (χ3n) is 3.11. The van der Waals surface area contributed by atoms with Crippen LogP contribution in [0.25, 0.3) is 5.69 Å². The lowest BCUT2D eigenvalue weighted by atomic mass is 10.2. The molecule has 12 heteroatoms. The summed E-state index contributed by atoms with van der Waals surface area (Å²) in [5.41, 5.74) is 4.02. The molecule has 2 aromatic rings. The molecule has 0 atom stereocenters. The number of nitrogens with two attached hydrogens (primary N) is 1. The Morgan fingerprint density at radius 1 is 1.26 bits per heavy atom. The number of alkyl halides is 3. The number of benzene rings is 1. The highest BCUT2D eigenvalue weighted by Gasteiger charge is 2.32. The van der Waals surface area contributed by atoms with Crippen LogP contribution in [0.5, 0.6) is 0 Å². The van der Waals surface area contributed by atoms with Crippen LogP contribution in [0.3, 0.4) is 0 Å². The van der Waals surface area contributed by atoms with Crippen molar-refractivity contribution < 1.29 is 13.2 Å². The van der Waals surface area contributed by atoms with Gasteiger partial charge in [-0.2, -0.15) is 28.8 Å². The van der Waals surface area contributed by atoms with Gasteiger partial charge in [0.2, 0.25) is 0 Å². The van der Waals surface area contributed by atoms with E-state index in [9.17, 15) is 13.2 Å². The quantitative estimate of drug-likeness (QED) is 0.515. The molecule has 0 aliphatic heterocycles. The summed E-state index contributed by atoms with van der Waals surface area (Å²) in [5, 5.41) is 21.1. The summed E-state index contributed by atoms with van der Waals surface area (Å²) in [5.74, 6) is 0. The van der Waals surface area contributed by atoms with Crippen molar-refractivity contribution in [3.63, 3.8) is 0 Å². The van der Waals surface area contributed by atoms with E-state index in [1.807, 2.05) is 0 Å². The molecule has 0 unspecified atom stereocenters. The second kappa shape index (κ2) is 8.01. The number of aromatic nitrogens is 2. The average molecular weight is 478 g/mol. The highest BCUT2D eigenvalue weighted by Crippen LogP contribution is 2.38. The number of hydrogen-bond donors (Lipinski definition) is 1. The first-order chi connectivity index (χ1) is 12.6. The van der Waals surface area contributed by atoms with Gasteiger partial charge in [-0.25, -0.2) is 9.67 Å². The summed E-state index contributed by atoms with van der Waals surface area (Å²) in [4.78, 5) is 3.79. The maximum Gasteiger partial charge on any atom is 0.416 e. The fraction of sp³-hybridized carbons (Fsp3) is 0.0667. The van der Waals surface area contributed by atoms with Gasteiger partial charge in [-0.05, 0) is 28.1 Å². The molecular formula is C15H6BrCl2F3N6. The van der Waals surface area contributed by atoms with Crippen molar-refractivity contribution in [1.82, 2.24) is 9.78 Å². The lowest BCUT2D eigenvalue weighted by molar-refractivity contribution is -0.137. The Bertz CT molecular complexity index is 1020. The minimum Gasteiger partial charge on any atom is -0.388 e. The van der Waals surface area contributed by atoms with E-state index in [0.29, 0.717) is 5.56 Å². The van der Waals surface area contributed by atoms with Gasteiger partial charge in [-0.15, -0.1) is 0 Å². The molecule has 6 nitrogen and oxygen atoms in total. The van der Waals surface area contributed by atoms with Crippen LogP contribution in [0.15, 0.2) is 39.3 Å². The molecule has 1 aromatic heterocycles. The van der Waals surface area contributed by atoms with Crippen molar-refractivity contribution in [3.8, 4) is 17.8 Å². The second-order valence-electron chi connectivity index (χ2n) is 4.83. The number of aliphatic imine (C=N–C) groups is 1. The Hall–Kier alpha value is -2.53. The van der Waals surface area contributed by atoms with Crippen LogP contribution in [-0.2, 0) is 6.18 Å². The molecule has 0 fully saturated rings. The maximum absolute atomic E-state index is 12.8. The van der Waals surface area contributed by atoms with Crippen LogP contribution < -0.4 is 5.73 Å². The molecule has 0 spiro atoms. The normalized spacial score (nSPS) is 12.6. The SMILES string of the molecule is N#C/C(N)=C(\C#N)N=Cc1cnn(-c2c(Cl)cc(C(F)(F)F)cc2Cl)c1Br. The minimum atomic E-state index is -4.61. The van der Waals surface area contributed by atoms with E-state index in [2.05, 4.69) is 26.0 Å². The topological polar surface area (TPSA) is 104 Å². The van der Waals surface area contributed by atoms with Gasteiger partial charge in [0.25, 0.3) is 0 Å². The van der Waals surface area contributed by atoms with Gasteiger partial charge >= 0.3 is 6.18 Å². The van der Waals surface area contributed by atoms with Crippen LogP contribution in [0, 0.1) is 22.7 Å². The Balaban J connectivity index is 2.51. The molecule has 1 heterocycles. The lowest BCUT2D eigenvalue weighted by Crippen LogP contribution is -2.07. The molecule has 27 heavy (non-hydrogen) atoms. The fourth-order valence-corrected chi connectivity index (χ4v) is 2.99. The average Bonchev–Trinajstić information content (AvgIpc) is 2.94. The van der Waals surface area contributed by atoms with E-state index in [1.165, 1.54) is 12.4 Å². The number of nitrogens with zero attached hydrogens (tertiary/aromatic N) is 5. The van der Waals surface area contributed by atoms with E-state index >= 15 is 0 Å². The Kier molecular flexibility index (Phi) is 6.16. The summed E-state index contributed by atoms with van der Waals surface area (Å²) >= 11 is 15.1. The molecule has 2 rings (SSSR count). The molecule has 0 radical (unpaired) electrons. The Morgan fingerprint density at radius 2 is 1.85 bits per heavy atom. The van der Waals surface area contributed by atoms with E-state index < -0.39 is 11.7 Å². The molecule has 1 aromatic carbocycles. The molecule has 0 amide bonds. The van der Waals surface area contributed by atoms with Gasteiger partial charge in [0, 0.05) is 11.8 Å². The Morgan fingerprint density at radius 3 is 2.33 bits per heavy atom. The zero-order valence-electron chi connectivity index (χ0n) is 12.9. The van der Waals surface area contributed by atoms with Crippen LogP contribution in [0.1, 0.15) is 11.1 Å². The van der Waals surface area contributed by atoms with E-state index in [1.54, 1.807) is 12.1 Å². The Labute approximate surface area is 169 Å². The van der Waals surface area contributed by atoms with Gasteiger partial charge in [0.15, 0.2) is 5.70 Å². The first-order valence-electron chi connectivity index (χ1n) is 6.74. The maximum atomic E-state index is 12.8. The third kappa shape index (κ3) is 4.42. The molecule has 2 N–H and O–H groups in total. The number of allylic oxidation sites excluding steroid dienone is 2. The van der Waals surface area contributed by atoms with Gasteiger partial charge in [0.05, 0.1) is 21.8 Å². The summed E-state index contributed by atoms with van der Waals surface area (Å²) in [7, 11) is 0. The van der Waals surface area contributed by atoms with Crippen LogP contribution >= 0.6 is 39.1 Å². The first-order valence-corrected chi connectivity index (χ1v) is 8.29. The number of hydrogen-bond acceptors (Lipinski definition) is 5. The molecule has 0 saturated heterocycles. The van der Waals surface area contributed by atoms with E-state index in [4.69, 9.17) is 39.5 Å². The van der Waals surface area contributed by atoms with E-state index in [0.717, 1.165) is 16.8 Å². The van der Waals surface area contributed by atoms with Crippen molar-refractivity contribution in [2.24, 2.45) is 10.7 Å². The molecule has 0 aliphatic carbocycles. The van der Waals surface area contributed by atoms with Gasteiger partial charge in [-0.3, -0.25) is 0 Å². The molecule has 0 bridgehead atoms. The van der Waals surface area contributed by atoms with Gasteiger partial charge in [0.1, 0.15) is 28.1 Å². The van der Waals surface area contributed by atoms with Crippen molar-refractivity contribution in [3.05, 3.63) is 55.5 Å². The fourth-order valence-electron chi connectivity index (χ4n) is 1.87. The highest BCUT2D eigenvalue weighted by atomic mass is 79.9. The first kappa shape index (κ1) is 20.8. The highest BCUT2D eigenvalue weighted by molar-refractivity contribution is 9.10. The summed E-state index contributed by atoms with van der Waals surface area (Å²) in [6, 6.07) is 4.72. The van der Waals surface area contributed by atoms with Crippen LogP contribution in [0.4, 0.5) is 13.2 Å². The zero-order chi connectivity index (χ0) is 20.4. The predicted octanol–water partition coefficient (Wildman–Crippen LogP) is 4.60. The van der Waals surface area contributed by atoms with Gasteiger partial charge < -0.3 is 5.73 Å². The summed E-state index contributed by atoms with van der Waals surface area (Å²) in [6.07, 6.45) is -2.11. The summed E-state index contributed by atoms with van der Waals surface area (Å²) in [6.45, 7) is 0. The lowest BCUT2D eigenvalue weighted by Gasteiger charge is -2.13. The largest absolute Gasteiger partial charge is 0.416 e. The summed E-state index contributed by atoms with van der Waals surface area (Å²) < 4.78 is 39.9. The number of nitriles is 2. The van der Waals surface area contributed by atoms with Crippen molar-refractivity contribution in [2.45, 2.75) is 6.18 Å². The molecular weight excluding hydrogens is 472 g/mol. The second-order valence-corrected chi connectivity index (χ2v) is 6.40. The molecule has 0 aliphatic rings. The van der Waals surface area contributed by atoms with Crippen molar-refractivity contribution in [1.29, 1.82) is 10.5 Å². The molecule has 138 valence electrons. The molecule has 0 saturated carbocycles. The zero-order valence-corrected chi connectivity index (χ0v) is 16.0. The number of rotatable bonds is 3. The van der Waals surface area contributed by atoms with Crippen molar-refractivity contribution >= 4 is 45.3 Å². The van der Waals surface area contributed by atoms with E-state index in [-0.39, 0.29) is 31.7 Å². The van der Waals surface area contributed by atoms with Crippen LogP contribution in [0.2, 0.25) is 10.0 Å². The predicted molar refractivity (Wildman–Crippen MR) is 96.3 cm³/mol. The standard InChI is InChI=1S/C15H6BrCl2F3N6/c16-14-7(5-25-12(4-23)11(24)3-22)6-26-27(14)13-9(17)1-8(2-10(13)18)15(19,20)21/h1-2,5-6H,24H2/b12-11-,25-5?. The van der Waals surface area contributed by atoms with Gasteiger partial charge in [-0.1, -0.05) is 23.2 Å². The van der Waals surface area contributed by atoms with Crippen LogP contribution in [-0.4, -0.2) is 16.0 Å². The number of halogens is 6. The monoisotopic (exact) mass is 476 g/mol. The third-order valence-corrected chi connectivity index (χ3v) is 4.48. The smallest absolute Gasteiger partial charge is 0.388 e. The van der Waals surface area contributed by atoms with Crippen molar-refractivity contribution in [2.75, 3.05) is 0 Å². The minimum absolute atomic E-state index is 0.0189.